The van der Waals surface area contributed by atoms with Crippen molar-refractivity contribution in [2.75, 3.05) is 11.5 Å². The van der Waals surface area contributed by atoms with E-state index in [1.807, 2.05) is 0 Å². The smallest absolute Gasteiger partial charge is 0.218 e. The lowest BCUT2D eigenvalue weighted by atomic mass is 10.5. The van der Waals surface area contributed by atoms with E-state index in [1.54, 1.807) is 12.3 Å². The second-order valence-electron chi connectivity index (χ2n) is 2.33. The largest absolute Gasteiger partial charge is 0.384 e. The van der Waals surface area contributed by atoms with Gasteiger partial charge in [0.1, 0.15) is 5.82 Å². The molecule has 1 heterocycles. The molecule has 0 aliphatic carbocycles. The molecule has 70 valence electrons. The molecule has 1 aromatic rings. The van der Waals surface area contributed by atoms with Crippen molar-refractivity contribution in [2.24, 2.45) is 5.73 Å². The molecule has 5 nitrogen and oxygen atoms in total. The van der Waals surface area contributed by atoms with Gasteiger partial charge in [-0.2, -0.15) is 0 Å². The molecule has 0 aliphatic rings. The van der Waals surface area contributed by atoms with E-state index in [2.05, 4.69) is 9.97 Å². The number of amides is 1. The lowest BCUT2D eigenvalue weighted by Gasteiger charge is -1.98. The highest BCUT2D eigenvalue weighted by Crippen LogP contribution is 2.13. The van der Waals surface area contributed by atoms with E-state index >= 15 is 0 Å². The maximum atomic E-state index is 10.4. The third-order valence-electron chi connectivity index (χ3n) is 1.23. The number of carbonyl (C=O) groups excluding carboxylic acids is 1. The highest BCUT2D eigenvalue weighted by Gasteiger charge is 1.99. The van der Waals surface area contributed by atoms with E-state index in [0.29, 0.717) is 23.1 Å². The summed E-state index contributed by atoms with van der Waals surface area (Å²) in [5.74, 6) is 0.687. The second-order valence-corrected chi connectivity index (χ2v) is 3.39. The van der Waals surface area contributed by atoms with Crippen LogP contribution in [0.1, 0.15) is 6.42 Å². The summed E-state index contributed by atoms with van der Waals surface area (Å²) < 4.78 is 0. The monoisotopic (exact) mass is 198 g/mol. The summed E-state index contributed by atoms with van der Waals surface area (Å²) in [6, 6.07) is 1.61. The first-order chi connectivity index (χ1) is 6.18. The summed E-state index contributed by atoms with van der Waals surface area (Å²) in [6.45, 7) is 0. The molecule has 1 rings (SSSR count). The van der Waals surface area contributed by atoms with Crippen LogP contribution >= 0.6 is 11.8 Å². The average Bonchev–Trinajstić information content (AvgIpc) is 2.03. The van der Waals surface area contributed by atoms with Crippen molar-refractivity contribution >= 4 is 23.5 Å². The molecule has 1 amide bonds. The molecule has 1 aromatic heterocycles. The Bertz CT molecular complexity index is 304. The number of primary amides is 1. The van der Waals surface area contributed by atoms with Crippen molar-refractivity contribution in [1.82, 2.24) is 9.97 Å². The van der Waals surface area contributed by atoms with Crippen LogP contribution in [-0.4, -0.2) is 21.6 Å². The fourth-order valence-electron chi connectivity index (χ4n) is 0.666. The van der Waals surface area contributed by atoms with E-state index in [0.717, 1.165) is 0 Å². The molecule has 0 spiro atoms. The van der Waals surface area contributed by atoms with E-state index in [9.17, 15) is 4.79 Å². The fourth-order valence-corrected chi connectivity index (χ4v) is 1.46. The van der Waals surface area contributed by atoms with E-state index in [-0.39, 0.29) is 5.91 Å². The van der Waals surface area contributed by atoms with E-state index in [4.69, 9.17) is 11.5 Å². The van der Waals surface area contributed by atoms with Crippen LogP contribution in [0, 0.1) is 0 Å². The van der Waals surface area contributed by atoms with Gasteiger partial charge in [0.2, 0.25) is 5.91 Å². The number of hydrogen-bond donors (Lipinski definition) is 2. The molecule has 0 atom stereocenters. The summed E-state index contributed by atoms with van der Waals surface area (Å²) in [5.41, 5.74) is 10.4. The number of nitrogens with two attached hydrogens (primary N) is 2. The van der Waals surface area contributed by atoms with Gasteiger partial charge in [0.05, 0.1) is 0 Å². The van der Waals surface area contributed by atoms with E-state index in [1.165, 1.54) is 11.8 Å². The van der Waals surface area contributed by atoms with Crippen LogP contribution in [0.4, 0.5) is 5.82 Å². The molecule has 0 saturated heterocycles. The number of nitrogens with zero attached hydrogens (tertiary/aromatic N) is 2. The highest BCUT2D eigenvalue weighted by molar-refractivity contribution is 7.99. The quantitative estimate of drug-likeness (QED) is 0.525. The number of rotatable bonds is 4. The molecule has 6 heteroatoms. The number of anilines is 1. The fraction of sp³-hybridized carbons (Fsp3) is 0.286. The Morgan fingerprint density at radius 1 is 1.62 bits per heavy atom. The molecule has 0 unspecified atom stereocenters. The van der Waals surface area contributed by atoms with Gasteiger partial charge in [0, 0.05) is 18.4 Å². The van der Waals surface area contributed by atoms with Gasteiger partial charge < -0.3 is 11.5 Å². The highest BCUT2D eigenvalue weighted by atomic mass is 32.2. The first-order valence-electron chi connectivity index (χ1n) is 3.68. The number of aromatic nitrogens is 2. The van der Waals surface area contributed by atoms with Crippen LogP contribution in [0.25, 0.3) is 0 Å². The maximum absolute atomic E-state index is 10.4. The second kappa shape index (κ2) is 4.66. The van der Waals surface area contributed by atoms with Gasteiger partial charge in [-0.05, 0) is 6.07 Å². The summed E-state index contributed by atoms with van der Waals surface area (Å²) in [5, 5.41) is 0.571. The van der Waals surface area contributed by atoms with Crippen molar-refractivity contribution in [3.63, 3.8) is 0 Å². The molecule has 0 fully saturated rings. The Morgan fingerprint density at radius 2 is 2.38 bits per heavy atom. The first-order valence-corrected chi connectivity index (χ1v) is 4.66. The van der Waals surface area contributed by atoms with E-state index < -0.39 is 0 Å². The first kappa shape index (κ1) is 9.79. The minimum atomic E-state index is -0.323. The van der Waals surface area contributed by atoms with Crippen LogP contribution < -0.4 is 11.5 Å². The van der Waals surface area contributed by atoms with Crippen molar-refractivity contribution in [2.45, 2.75) is 11.6 Å². The van der Waals surface area contributed by atoms with Crippen LogP contribution in [-0.2, 0) is 4.79 Å². The minimum absolute atomic E-state index is 0.322. The number of thioether (sulfide) groups is 1. The van der Waals surface area contributed by atoms with Crippen molar-refractivity contribution < 1.29 is 4.79 Å². The lowest BCUT2D eigenvalue weighted by Crippen LogP contribution is -2.11. The van der Waals surface area contributed by atoms with Gasteiger partial charge in [-0.25, -0.2) is 9.97 Å². The van der Waals surface area contributed by atoms with Gasteiger partial charge in [-0.1, -0.05) is 11.8 Å². The number of hydrogen-bond acceptors (Lipinski definition) is 5. The summed E-state index contributed by atoms with van der Waals surface area (Å²) >= 11 is 1.36. The average molecular weight is 198 g/mol. The van der Waals surface area contributed by atoms with Crippen molar-refractivity contribution in [3.8, 4) is 0 Å². The summed E-state index contributed by atoms with van der Waals surface area (Å²) in [4.78, 5) is 18.3. The Balaban J connectivity index is 2.41. The molecule has 0 saturated carbocycles. The Hall–Kier alpha value is -1.30. The van der Waals surface area contributed by atoms with Crippen LogP contribution in [0.2, 0.25) is 0 Å². The minimum Gasteiger partial charge on any atom is -0.384 e. The molecular formula is C7H10N4OS. The maximum Gasteiger partial charge on any atom is 0.218 e. The Morgan fingerprint density at radius 3 is 3.00 bits per heavy atom. The molecular weight excluding hydrogens is 188 g/mol. The molecule has 0 radical (unpaired) electrons. The molecule has 0 bridgehead atoms. The van der Waals surface area contributed by atoms with Gasteiger partial charge >= 0.3 is 0 Å². The molecule has 4 N–H and O–H groups in total. The number of nitrogen functional groups attached to an aromatic ring is 1. The SMILES string of the molecule is NC(=O)CCSc1nccc(N)n1. The third kappa shape index (κ3) is 3.75. The number of carbonyl (C=O) groups is 1. The zero-order chi connectivity index (χ0) is 9.68. The Labute approximate surface area is 79.9 Å². The zero-order valence-electron chi connectivity index (χ0n) is 6.93. The molecule has 13 heavy (non-hydrogen) atoms. The molecule has 0 aromatic carbocycles. The van der Waals surface area contributed by atoms with Gasteiger partial charge in [0.15, 0.2) is 5.16 Å². The normalized spacial score (nSPS) is 9.85. The predicted octanol–water partition coefficient (Wildman–Crippen LogP) is 0.0263. The van der Waals surface area contributed by atoms with Crippen LogP contribution in [0.5, 0.6) is 0 Å². The van der Waals surface area contributed by atoms with Gasteiger partial charge in [0.25, 0.3) is 0 Å². The zero-order valence-corrected chi connectivity index (χ0v) is 7.75. The van der Waals surface area contributed by atoms with Gasteiger partial charge in [-0.3, -0.25) is 4.79 Å². The molecule has 0 aliphatic heterocycles. The Kier molecular flexibility index (Phi) is 3.51. The lowest BCUT2D eigenvalue weighted by molar-refractivity contribution is -0.117. The standard InChI is InChI=1S/C7H10N4OS/c8-5-1-3-10-7(11-5)13-4-2-6(9)12/h1,3H,2,4H2,(H2,9,12)(H2,8,10,11). The van der Waals surface area contributed by atoms with Crippen LogP contribution in [0.15, 0.2) is 17.4 Å². The van der Waals surface area contributed by atoms with Crippen LogP contribution in [0.3, 0.4) is 0 Å². The topological polar surface area (TPSA) is 94.9 Å². The predicted molar refractivity (Wildman–Crippen MR) is 51.0 cm³/mol. The third-order valence-corrected chi connectivity index (χ3v) is 2.10. The van der Waals surface area contributed by atoms with Crippen molar-refractivity contribution in [1.29, 1.82) is 0 Å². The van der Waals surface area contributed by atoms with Gasteiger partial charge in [-0.15, -0.1) is 0 Å². The van der Waals surface area contributed by atoms with Crippen molar-refractivity contribution in [3.05, 3.63) is 12.3 Å². The summed E-state index contributed by atoms with van der Waals surface area (Å²) in [6.07, 6.45) is 1.90. The summed E-state index contributed by atoms with van der Waals surface area (Å²) in [7, 11) is 0.